The smallest absolute Gasteiger partial charge is 0.330 e. The van der Waals surface area contributed by atoms with Gasteiger partial charge in [0.1, 0.15) is 5.75 Å². The van der Waals surface area contributed by atoms with E-state index >= 15 is 0 Å². The lowest BCUT2D eigenvalue weighted by Crippen LogP contribution is -2.01. The molecule has 0 atom stereocenters. The summed E-state index contributed by atoms with van der Waals surface area (Å²) in [5, 5.41) is 0. The maximum absolute atomic E-state index is 11.4. The van der Waals surface area contributed by atoms with Gasteiger partial charge in [-0.05, 0) is 35.8 Å². The lowest BCUT2D eigenvalue weighted by molar-refractivity contribution is -0.137. The van der Waals surface area contributed by atoms with E-state index < -0.39 is 0 Å². The summed E-state index contributed by atoms with van der Waals surface area (Å²) in [5.74, 6) is 0.679. The van der Waals surface area contributed by atoms with Gasteiger partial charge in [-0.1, -0.05) is 19.4 Å². The Bertz CT molecular complexity index is 449. The predicted octanol–water partition coefficient (Wildman–Crippen LogP) is 2.98. The molecule has 3 heteroatoms. The number of ether oxygens (including phenoxy) is 2. The Kier molecular flexibility index (Phi) is 4.40. The molecule has 0 aromatic heterocycles. The van der Waals surface area contributed by atoms with E-state index in [0.29, 0.717) is 6.61 Å². The first-order valence-electron chi connectivity index (χ1n) is 6.40. The van der Waals surface area contributed by atoms with E-state index in [1.165, 1.54) is 11.6 Å². The average Bonchev–Trinajstić information content (AvgIpc) is 2.84. The van der Waals surface area contributed by atoms with Gasteiger partial charge in [0.2, 0.25) is 0 Å². The molecule has 2 rings (SSSR count). The standard InChI is InChI=1S/C15H18O3/c1-2-3-9-18-15(16)7-5-12-4-6-14-13(11-12)8-10-17-14/h4-7,11H,2-3,8-10H2,1H3/b7-5+. The molecule has 18 heavy (non-hydrogen) atoms. The van der Waals surface area contributed by atoms with Crippen molar-refractivity contribution in [1.29, 1.82) is 0 Å². The molecule has 0 bridgehead atoms. The first-order valence-corrected chi connectivity index (χ1v) is 6.40. The number of fused-ring (bicyclic) bond motifs is 1. The van der Waals surface area contributed by atoms with Gasteiger partial charge < -0.3 is 9.47 Å². The Morgan fingerprint density at radius 1 is 1.50 bits per heavy atom. The summed E-state index contributed by atoms with van der Waals surface area (Å²) < 4.78 is 10.5. The molecule has 0 radical (unpaired) electrons. The van der Waals surface area contributed by atoms with E-state index in [-0.39, 0.29) is 5.97 Å². The molecule has 1 aromatic carbocycles. The molecule has 0 saturated heterocycles. The van der Waals surface area contributed by atoms with Crippen LogP contribution in [-0.2, 0) is 16.0 Å². The van der Waals surface area contributed by atoms with Crippen LogP contribution < -0.4 is 4.74 Å². The molecule has 0 N–H and O–H groups in total. The zero-order chi connectivity index (χ0) is 12.8. The Morgan fingerprint density at radius 3 is 3.22 bits per heavy atom. The van der Waals surface area contributed by atoms with Gasteiger partial charge in [-0.2, -0.15) is 0 Å². The van der Waals surface area contributed by atoms with E-state index in [9.17, 15) is 4.79 Å². The Morgan fingerprint density at radius 2 is 2.39 bits per heavy atom. The predicted molar refractivity (Wildman–Crippen MR) is 70.5 cm³/mol. The number of carbonyl (C=O) groups is 1. The molecule has 96 valence electrons. The number of benzene rings is 1. The fourth-order valence-corrected chi connectivity index (χ4v) is 1.84. The van der Waals surface area contributed by atoms with Crippen LogP contribution in [0.15, 0.2) is 24.3 Å². The van der Waals surface area contributed by atoms with Gasteiger partial charge in [-0.3, -0.25) is 0 Å². The van der Waals surface area contributed by atoms with Crippen LogP contribution in [0.5, 0.6) is 5.75 Å². The molecule has 1 aromatic rings. The van der Waals surface area contributed by atoms with Gasteiger partial charge in [0, 0.05) is 12.5 Å². The molecular formula is C15H18O3. The number of unbranched alkanes of at least 4 members (excludes halogenated alkanes) is 1. The van der Waals surface area contributed by atoms with Crippen molar-refractivity contribution in [2.24, 2.45) is 0 Å². The van der Waals surface area contributed by atoms with E-state index in [4.69, 9.17) is 9.47 Å². The zero-order valence-electron chi connectivity index (χ0n) is 10.6. The van der Waals surface area contributed by atoms with Gasteiger partial charge in [0.15, 0.2) is 0 Å². The van der Waals surface area contributed by atoms with Crippen molar-refractivity contribution in [3.63, 3.8) is 0 Å². The highest BCUT2D eigenvalue weighted by Gasteiger charge is 2.11. The van der Waals surface area contributed by atoms with Gasteiger partial charge in [0.05, 0.1) is 13.2 Å². The van der Waals surface area contributed by atoms with Gasteiger partial charge in [0.25, 0.3) is 0 Å². The van der Waals surface area contributed by atoms with Crippen molar-refractivity contribution in [2.45, 2.75) is 26.2 Å². The minimum Gasteiger partial charge on any atom is -0.493 e. The molecule has 0 aliphatic carbocycles. The minimum absolute atomic E-state index is 0.278. The number of carbonyl (C=O) groups excluding carboxylic acids is 1. The summed E-state index contributed by atoms with van der Waals surface area (Å²) in [4.78, 5) is 11.4. The molecule has 1 aliphatic heterocycles. The van der Waals surface area contributed by atoms with Crippen LogP contribution in [0, 0.1) is 0 Å². The monoisotopic (exact) mass is 246 g/mol. The van der Waals surface area contributed by atoms with Crippen LogP contribution in [0.25, 0.3) is 6.08 Å². The first-order chi connectivity index (χ1) is 8.79. The SMILES string of the molecule is CCCCOC(=O)/C=C/c1ccc2c(c1)CCO2. The summed E-state index contributed by atoms with van der Waals surface area (Å²) in [6.45, 7) is 3.32. The first kappa shape index (κ1) is 12.7. The Hall–Kier alpha value is -1.77. The number of rotatable bonds is 5. The number of hydrogen-bond acceptors (Lipinski definition) is 3. The minimum atomic E-state index is -0.278. The number of esters is 1. The number of hydrogen-bond donors (Lipinski definition) is 0. The summed E-state index contributed by atoms with van der Waals surface area (Å²) in [6, 6.07) is 5.95. The van der Waals surface area contributed by atoms with E-state index in [2.05, 4.69) is 13.0 Å². The van der Waals surface area contributed by atoms with Crippen LogP contribution in [-0.4, -0.2) is 19.2 Å². The third-order valence-corrected chi connectivity index (χ3v) is 2.87. The van der Waals surface area contributed by atoms with Crippen LogP contribution in [0.2, 0.25) is 0 Å². The maximum atomic E-state index is 11.4. The van der Waals surface area contributed by atoms with E-state index in [1.54, 1.807) is 6.08 Å². The molecule has 0 amide bonds. The summed E-state index contributed by atoms with van der Waals surface area (Å²) in [6.07, 6.45) is 6.15. The molecule has 3 nitrogen and oxygen atoms in total. The zero-order valence-corrected chi connectivity index (χ0v) is 10.6. The average molecular weight is 246 g/mol. The largest absolute Gasteiger partial charge is 0.493 e. The molecule has 0 unspecified atom stereocenters. The van der Waals surface area contributed by atoms with Gasteiger partial charge in [-0.15, -0.1) is 0 Å². The second kappa shape index (κ2) is 6.24. The second-order valence-electron chi connectivity index (χ2n) is 4.32. The molecule has 1 heterocycles. The quantitative estimate of drug-likeness (QED) is 0.455. The maximum Gasteiger partial charge on any atom is 0.330 e. The molecular weight excluding hydrogens is 228 g/mol. The molecule has 0 saturated carbocycles. The highest BCUT2D eigenvalue weighted by molar-refractivity contribution is 5.87. The van der Waals surface area contributed by atoms with Gasteiger partial charge in [-0.25, -0.2) is 4.79 Å². The lowest BCUT2D eigenvalue weighted by Gasteiger charge is -2.01. The van der Waals surface area contributed by atoms with Crippen molar-refractivity contribution in [1.82, 2.24) is 0 Å². The third kappa shape index (κ3) is 3.36. The van der Waals surface area contributed by atoms with Crippen LogP contribution in [0.4, 0.5) is 0 Å². The van der Waals surface area contributed by atoms with Crippen molar-refractivity contribution in [2.75, 3.05) is 13.2 Å². The van der Waals surface area contributed by atoms with Crippen molar-refractivity contribution in [3.05, 3.63) is 35.4 Å². The summed E-state index contributed by atoms with van der Waals surface area (Å²) in [7, 11) is 0. The molecule has 0 spiro atoms. The van der Waals surface area contributed by atoms with Crippen LogP contribution in [0.1, 0.15) is 30.9 Å². The van der Waals surface area contributed by atoms with E-state index in [1.807, 2.05) is 12.1 Å². The topological polar surface area (TPSA) is 35.5 Å². The van der Waals surface area contributed by atoms with Gasteiger partial charge >= 0.3 is 5.97 Å². The van der Waals surface area contributed by atoms with Crippen molar-refractivity contribution < 1.29 is 14.3 Å². The highest BCUT2D eigenvalue weighted by atomic mass is 16.5. The normalized spacial score (nSPS) is 13.4. The molecule has 0 fully saturated rings. The second-order valence-corrected chi connectivity index (χ2v) is 4.32. The lowest BCUT2D eigenvalue weighted by atomic mass is 10.1. The molecule has 1 aliphatic rings. The van der Waals surface area contributed by atoms with Crippen LogP contribution >= 0.6 is 0 Å². The highest BCUT2D eigenvalue weighted by Crippen LogP contribution is 2.26. The van der Waals surface area contributed by atoms with Crippen molar-refractivity contribution in [3.8, 4) is 5.75 Å². The summed E-state index contributed by atoms with van der Waals surface area (Å²) >= 11 is 0. The fourth-order valence-electron chi connectivity index (χ4n) is 1.84. The fraction of sp³-hybridized carbons (Fsp3) is 0.400. The Balaban J connectivity index is 1.90. The Labute approximate surface area is 107 Å². The van der Waals surface area contributed by atoms with E-state index in [0.717, 1.165) is 37.2 Å². The summed E-state index contributed by atoms with van der Waals surface area (Å²) in [5.41, 5.74) is 2.21. The van der Waals surface area contributed by atoms with Crippen LogP contribution in [0.3, 0.4) is 0 Å². The van der Waals surface area contributed by atoms with Crippen molar-refractivity contribution >= 4 is 12.0 Å². The third-order valence-electron chi connectivity index (χ3n) is 2.87.